The molecule has 0 fully saturated rings. The third-order valence-electron chi connectivity index (χ3n) is 1.17. The van der Waals surface area contributed by atoms with Crippen molar-refractivity contribution < 1.29 is 13.2 Å². The molecule has 0 N–H and O–H groups in total. The molecule has 0 aliphatic heterocycles. The molecule has 0 bridgehead atoms. The fourth-order valence-electron chi connectivity index (χ4n) is 0.613. The van der Waals surface area contributed by atoms with Crippen LogP contribution in [0.15, 0.2) is 6.20 Å². The van der Waals surface area contributed by atoms with Crippen molar-refractivity contribution in [2.45, 2.75) is 6.18 Å². The number of halogens is 4. The normalized spacial score (nSPS) is 12.1. The first-order chi connectivity index (χ1) is 4.93. The molecule has 1 rings (SSSR count). The van der Waals surface area contributed by atoms with E-state index in [0.29, 0.717) is 0 Å². The maximum absolute atomic E-state index is 12.0. The average Bonchev–Trinajstić information content (AvgIpc) is 2.11. The summed E-state index contributed by atoms with van der Waals surface area (Å²) in [6.45, 7) is 0. The van der Waals surface area contributed by atoms with Crippen LogP contribution in [0.5, 0.6) is 0 Å². The van der Waals surface area contributed by atoms with Gasteiger partial charge < -0.3 is 0 Å². The van der Waals surface area contributed by atoms with E-state index >= 15 is 0 Å². The summed E-state index contributed by atoms with van der Waals surface area (Å²) in [6.07, 6.45) is -3.47. The first-order valence-electron chi connectivity index (χ1n) is 2.67. The SMILES string of the molecule is Cn1ncc(C(F)(F)F)c1I. The minimum atomic E-state index is -4.29. The Balaban J connectivity index is 3.15. The van der Waals surface area contributed by atoms with Crippen molar-refractivity contribution in [2.24, 2.45) is 7.05 Å². The van der Waals surface area contributed by atoms with Crippen LogP contribution in [0.2, 0.25) is 0 Å². The van der Waals surface area contributed by atoms with Crippen molar-refractivity contribution in [3.63, 3.8) is 0 Å². The number of hydrogen-bond donors (Lipinski definition) is 0. The Morgan fingerprint density at radius 1 is 1.55 bits per heavy atom. The van der Waals surface area contributed by atoms with E-state index in [1.807, 2.05) is 0 Å². The highest BCUT2D eigenvalue weighted by Gasteiger charge is 2.35. The summed E-state index contributed by atoms with van der Waals surface area (Å²) in [5, 5.41) is 3.47. The largest absolute Gasteiger partial charge is 0.420 e. The first kappa shape index (κ1) is 8.82. The van der Waals surface area contributed by atoms with Crippen LogP contribution in [-0.4, -0.2) is 9.78 Å². The third-order valence-corrected chi connectivity index (χ3v) is 2.45. The third kappa shape index (κ3) is 1.66. The van der Waals surface area contributed by atoms with E-state index in [0.717, 1.165) is 6.20 Å². The van der Waals surface area contributed by atoms with Crippen LogP contribution in [0, 0.1) is 3.70 Å². The average molecular weight is 276 g/mol. The molecule has 0 unspecified atom stereocenters. The summed E-state index contributed by atoms with van der Waals surface area (Å²) in [4.78, 5) is 0. The summed E-state index contributed by atoms with van der Waals surface area (Å²) in [5.41, 5.74) is -0.680. The van der Waals surface area contributed by atoms with Gasteiger partial charge in [-0.1, -0.05) is 0 Å². The smallest absolute Gasteiger partial charge is 0.262 e. The number of alkyl halides is 3. The van der Waals surface area contributed by atoms with Gasteiger partial charge in [-0.3, -0.25) is 4.68 Å². The Bertz CT molecular complexity index is 265. The van der Waals surface area contributed by atoms with Crippen LogP contribution >= 0.6 is 22.6 Å². The molecular formula is C5H4F3IN2. The summed E-state index contributed by atoms with van der Waals surface area (Å²) in [6, 6.07) is 0. The van der Waals surface area contributed by atoms with Crippen LogP contribution in [0.4, 0.5) is 13.2 Å². The van der Waals surface area contributed by atoms with Gasteiger partial charge in [-0.2, -0.15) is 18.3 Å². The molecule has 1 aromatic rings. The van der Waals surface area contributed by atoms with Gasteiger partial charge in [0.05, 0.1) is 6.20 Å². The minimum Gasteiger partial charge on any atom is -0.262 e. The first-order valence-corrected chi connectivity index (χ1v) is 3.75. The molecule has 0 aromatic carbocycles. The molecule has 1 aromatic heterocycles. The predicted octanol–water partition coefficient (Wildman–Crippen LogP) is 2.04. The Morgan fingerprint density at radius 2 is 2.09 bits per heavy atom. The van der Waals surface area contributed by atoms with Crippen molar-refractivity contribution in [3.05, 3.63) is 15.5 Å². The fourth-order valence-corrected chi connectivity index (χ4v) is 1.18. The van der Waals surface area contributed by atoms with Crippen molar-refractivity contribution >= 4 is 22.6 Å². The molecule has 0 spiro atoms. The summed E-state index contributed by atoms with van der Waals surface area (Å²) in [7, 11) is 1.47. The highest BCUT2D eigenvalue weighted by Crippen LogP contribution is 2.31. The zero-order valence-corrected chi connectivity index (χ0v) is 7.64. The Hall–Kier alpha value is -0.270. The lowest BCUT2D eigenvalue weighted by atomic mass is 10.4. The van der Waals surface area contributed by atoms with Crippen molar-refractivity contribution in [1.82, 2.24) is 9.78 Å². The molecule has 6 heteroatoms. The quantitative estimate of drug-likeness (QED) is 0.663. The molecular weight excluding hydrogens is 272 g/mol. The summed E-state index contributed by atoms with van der Waals surface area (Å²) in [5.74, 6) is 0. The second-order valence-electron chi connectivity index (χ2n) is 1.97. The molecule has 0 atom stereocenters. The Labute approximate surface area is 74.5 Å². The van der Waals surface area contributed by atoms with Crippen LogP contribution < -0.4 is 0 Å². The topological polar surface area (TPSA) is 17.8 Å². The van der Waals surface area contributed by atoms with Crippen LogP contribution in [0.25, 0.3) is 0 Å². The Morgan fingerprint density at radius 3 is 2.27 bits per heavy atom. The van der Waals surface area contributed by atoms with E-state index in [9.17, 15) is 13.2 Å². The highest BCUT2D eigenvalue weighted by molar-refractivity contribution is 14.1. The standard InChI is InChI=1S/C5H4F3IN2/c1-11-4(9)3(2-10-11)5(6,7)8/h2H,1H3. The van der Waals surface area contributed by atoms with Crippen LogP contribution in [0.1, 0.15) is 5.56 Å². The van der Waals surface area contributed by atoms with E-state index in [1.54, 1.807) is 22.6 Å². The molecule has 0 aliphatic carbocycles. The molecule has 0 radical (unpaired) electrons. The number of nitrogens with zero attached hydrogens (tertiary/aromatic N) is 2. The van der Waals surface area contributed by atoms with Gasteiger partial charge in [-0.15, -0.1) is 0 Å². The molecule has 2 nitrogen and oxygen atoms in total. The zero-order valence-electron chi connectivity index (χ0n) is 5.48. The van der Waals surface area contributed by atoms with E-state index in [4.69, 9.17) is 0 Å². The van der Waals surface area contributed by atoms with E-state index in [1.165, 1.54) is 11.7 Å². The lowest BCUT2D eigenvalue weighted by Gasteiger charge is -2.02. The van der Waals surface area contributed by atoms with Crippen LogP contribution in [-0.2, 0) is 13.2 Å². The molecule has 1 heterocycles. The van der Waals surface area contributed by atoms with Gasteiger partial charge in [0.2, 0.25) is 0 Å². The molecule has 0 amide bonds. The summed E-state index contributed by atoms with van der Waals surface area (Å²) < 4.78 is 37.3. The highest BCUT2D eigenvalue weighted by atomic mass is 127. The van der Waals surface area contributed by atoms with Gasteiger partial charge in [-0.25, -0.2) is 0 Å². The van der Waals surface area contributed by atoms with E-state index < -0.39 is 11.7 Å². The fraction of sp³-hybridized carbons (Fsp3) is 0.400. The number of aromatic nitrogens is 2. The number of aryl methyl sites for hydroxylation is 1. The lowest BCUT2D eigenvalue weighted by molar-refractivity contribution is -0.138. The second-order valence-corrected chi connectivity index (χ2v) is 2.99. The molecule has 0 aliphatic rings. The molecule has 0 saturated carbocycles. The lowest BCUT2D eigenvalue weighted by Crippen LogP contribution is -2.06. The van der Waals surface area contributed by atoms with Crippen molar-refractivity contribution in [1.29, 1.82) is 0 Å². The van der Waals surface area contributed by atoms with Gasteiger partial charge in [0.1, 0.15) is 9.26 Å². The van der Waals surface area contributed by atoms with E-state index in [-0.39, 0.29) is 3.70 Å². The molecule has 0 saturated heterocycles. The Kier molecular flexibility index (Phi) is 2.13. The summed E-state index contributed by atoms with van der Waals surface area (Å²) >= 11 is 1.61. The van der Waals surface area contributed by atoms with Gasteiger partial charge >= 0.3 is 6.18 Å². The van der Waals surface area contributed by atoms with Crippen LogP contribution in [0.3, 0.4) is 0 Å². The van der Waals surface area contributed by atoms with Gasteiger partial charge in [0.25, 0.3) is 0 Å². The molecule has 62 valence electrons. The number of hydrogen-bond acceptors (Lipinski definition) is 1. The monoisotopic (exact) mass is 276 g/mol. The van der Waals surface area contributed by atoms with Gasteiger partial charge in [0.15, 0.2) is 0 Å². The maximum atomic E-state index is 12.0. The zero-order chi connectivity index (χ0) is 8.65. The maximum Gasteiger partial charge on any atom is 0.420 e. The van der Waals surface area contributed by atoms with E-state index in [2.05, 4.69) is 5.10 Å². The van der Waals surface area contributed by atoms with Gasteiger partial charge in [-0.05, 0) is 22.6 Å². The number of rotatable bonds is 0. The second kappa shape index (κ2) is 2.65. The predicted molar refractivity (Wildman–Crippen MR) is 40.9 cm³/mol. The van der Waals surface area contributed by atoms with Crippen molar-refractivity contribution in [3.8, 4) is 0 Å². The van der Waals surface area contributed by atoms with Gasteiger partial charge in [0, 0.05) is 7.05 Å². The minimum absolute atomic E-state index is 0.107. The van der Waals surface area contributed by atoms with Crippen molar-refractivity contribution in [2.75, 3.05) is 0 Å². The molecule has 11 heavy (non-hydrogen) atoms.